The Morgan fingerprint density at radius 1 is 0.870 bits per heavy atom. The van der Waals surface area contributed by atoms with Gasteiger partial charge in [0.1, 0.15) is 6.67 Å². The van der Waals surface area contributed by atoms with Crippen molar-refractivity contribution in [3.63, 3.8) is 0 Å². The summed E-state index contributed by atoms with van der Waals surface area (Å²) in [5.41, 5.74) is 11.3. The Bertz CT molecular complexity index is 1070. The molecule has 116 valence electrons. The predicted molar refractivity (Wildman–Crippen MR) is 80.5 cm³/mol. The number of H-pyrrole nitrogens is 2. The van der Waals surface area contributed by atoms with Gasteiger partial charge in [-0.25, -0.2) is 9.97 Å². The molecule has 0 aliphatic rings. The number of nitrogens with one attached hydrogen (secondary N) is 2. The van der Waals surface area contributed by atoms with Crippen molar-refractivity contribution in [3.8, 4) is 0 Å². The van der Waals surface area contributed by atoms with Gasteiger partial charge in [-0.15, -0.1) is 0 Å². The fraction of sp³-hybridized carbons (Fsp3) is 0.0909. The van der Waals surface area contributed by atoms with E-state index in [1.807, 2.05) is 0 Å². The molecule has 0 fully saturated rings. The fourth-order valence-electron chi connectivity index (χ4n) is 2.29. The molecule has 12 heteroatoms. The van der Waals surface area contributed by atoms with E-state index < -0.39 is 11.1 Å². The van der Waals surface area contributed by atoms with Gasteiger partial charge in [0.25, 0.3) is 11.1 Å². The first-order chi connectivity index (χ1) is 11.1. The second-order valence-corrected chi connectivity index (χ2v) is 4.75. The topological polar surface area (TPSA) is 179 Å². The molecular weight excluding hydrogens is 304 g/mol. The van der Waals surface area contributed by atoms with Crippen molar-refractivity contribution < 1.29 is 0 Å². The van der Waals surface area contributed by atoms with Gasteiger partial charge in [0.05, 0.1) is 12.7 Å². The lowest BCUT2D eigenvalue weighted by Crippen LogP contribution is -2.34. The summed E-state index contributed by atoms with van der Waals surface area (Å²) in [6.45, 7) is -0.249. The number of fused-ring (bicyclic) bond motifs is 2. The van der Waals surface area contributed by atoms with Gasteiger partial charge < -0.3 is 21.4 Å². The highest BCUT2D eigenvalue weighted by molar-refractivity contribution is 5.70. The number of rotatable bonds is 2. The van der Waals surface area contributed by atoms with Crippen molar-refractivity contribution in [2.24, 2.45) is 0 Å². The highest BCUT2D eigenvalue weighted by atomic mass is 16.1. The second kappa shape index (κ2) is 4.40. The van der Waals surface area contributed by atoms with E-state index in [-0.39, 0.29) is 40.9 Å². The van der Waals surface area contributed by atoms with Crippen molar-refractivity contribution >= 4 is 34.2 Å². The highest BCUT2D eigenvalue weighted by Gasteiger charge is 2.15. The minimum absolute atomic E-state index is 0.0832. The van der Waals surface area contributed by atoms with Crippen LogP contribution in [0.15, 0.2) is 22.2 Å². The third-order valence-corrected chi connectivity index (χ3v) is 3.42. The Balaban J connectivity index is 1.95. The van der Waals surface area contributed by atoms with Crippen LogP contribution in [0.4, 0.5) is 11.9 Å². The van der Waals surface area contributed by atoms with Crippen LogP contribution in [0.1, 0.15) is 0 Å². The lowest BCUT2D eigenvalue weighted by molar-refractivity contribution is 0.579. The maximum atomic E-state index is 12.4. The van der Waals surface area contributed by atoms with E-state index in [0.717, 1.165) is 9.13 Å². The van der Waals surface area contributed by atoms with Gasteiger partial charge >= 0.3 is 0 Å². The van der Waals surface area contributed by atoms with Crippen LogP contribution in [-0.4, -0.2) is 39.0 Å². The molecular formula is C11H10N10O2. The lowest BCUT2D eigenvalue weighted by Gasteiger charge is -2.12. The fourth-order valence-corrected chi connectivity index (χ4v) is 2.29. The molecule has 0 aliphatic heterocycles. The van der Waals surface area contributed by atoms with Gasteiger partial charge in [0.2, 0.25) is 11.9 Å². The van der Waals surface area contributed by atoms with Gasteiger partial charge in [-0.2, -0.15) is 9.97 Å². The molecule has 12 nitrogen and oxygen atoms in total. The van der Waals surface area contributed by atoms with Crippen molar-refractivity contribution in [3.05, 3.63) is 33.4 Å². The number of hydrogen-bond acceptors (Lipinski definition) is 8. The van der Waals surface area contributed by atoms with Gasteiger partial charge in [-0.05, 0) is 0 Å². The van der Waals surface area contributed by atoms with Crippen LogP contribution < -0.4 is 22.6 Å². The second-order valence-electron chi connectivity index (χ2n) is 4.75. The van der Waals surface area contributed by atoms with Crippen LogP contribution in [-0.2, 0) is 6.67 Å². The summed E-state index contributed by atoms with van der Waals surface area (Å²) in [4.78, 5) is 46.1. The molecule has 0 saturated carbocycles. The Hall–Kier alpha value is -3.70. The van der Waals surface area contributed by atoms with Crippen LogP contribution in [0.5, 0.6) is 0 Å². The first kappa shape index (κ1) is 13.0. The zero-order valence-corrected chi connectivity index (χ0v) is 11.5. The van der Waals surface area contributed by atoms with Crippen LogP contribution in [0.3, 0.4) is 0 Å². The maximum absolute atomic E-state index is 12.4. The monoisotopic (exact) mass is 314 g/mol. The number of aromatic nitrogens is 8. The average molecular weight is 314 g/mol. The quantitative estimate of drug-likeness (QED) is 0.335. The Morgan fingerprint density at radius 2 is 1.30 bits per heavy atom. The van der Waals surface area contributed by atoms with E-state index >= 15 is 0 Å². The molecule has 6 N–H and O–H groups in total. The van der Waals surface area contributed by atoms with Crippen LogP contribution >= 0.6 is 0 Å². The molecule has 0 unspecified atom stereocenters. The van der Waals surface area contributed by atoms with Crippen LogP contribution in [0.25, 0.3) is 22.3 Å². The average Bonchev–Trinajstić information content (AvgIpc) is 3.15. The van der Waals surface area contributed by atoms with Crippen molar-refractivity contribution in [1.29, 1.82) is 0 Å². The largest absolute Gasteiger partial charge is 0.369 e. The van der Waals surface area contributed by atoms with E-state index in [9.17, 15) is 9.59 Å². The third-order valence-electron chi connectivity index (χ3n) is 3.42. The molecule has 0 amide bonds. The van der Waals surface area contributed by atoms with Crippen molar-refractivity contribution in [2.45, 2.75) is 6.67 Å². The Morgan fingerprint density at radius 3 is 1.74 bits per heavy atom. The van der Waals surface area contributed by atoms with E-state index in [1.165, 1.54) is 12.7 Å². The molecule has 0 saturated heterocycles. The number of hydrogen-bond donors (Lipinski definition) is 4. The van der Waals surface area contributed by atoms with Gasteiger partial charge in [0, 0.05) is 0 Å². The molecule has 4 aromatic rings. The van der Waals surface area contributed by atoms with Crippen molar-refractivity contribution in [1.82, 2.24) is 39.0 Å². The number of aromatic amines is 2. The molecule has 0 atom stereocenters. The molecule has 0 radical (unpaired) electrons. The zero-order chi connectivity index (χ0) is 16.1. The van der Waals surface area contributed by atoms with E-state index in [1.54, 1.807) is 0 Å². The first-order valence-corrected chi connectivity index (χ1v) is 6.45. The number of anilines is 2. The van der Waals surface area contributed by atoms with Crippen molar-refractivity contribution in [2.75, 3.05) is 11.5 Å². The van der Waals surface area contributed by atoms with Gasteiger partial charge in [-0.1, -0.05) is 0 Å². The molecule has 4 aromatic heterocycles. The highest BCUT2D eigenvalue weighted by Crippen LogP contribution is 2.07. The summed E-state index contributed by atoms with van der Waals surface area (Å²) < 4.78 is 2.17. The van der Waals surface area contributed by atoms with Crippen LogP contribution in [0.2, 0.25) is 0 Å². The smallest absolute Gasteiger partial charge is 0.284 e. The molecule has 0 spiro atoms. The van der Waals surface area contributed by atoms with Gasteiger partial charge in [-0.3, -0.25) is 18.7 Å². The molecule has 4 heterocycles. The molecule has 23 heavy (non-hydrogen) atoms. The Kier molecular flexibility index (Phi) is 2.48. The summed E-state index contributed by atoms with van der Waals surface area (Å²) in [6, 6.07) is 0. The normalized spacial score (nSPS) is 11.5. The van der Waals surface area contributed by atoms with E-state index in [0.29, 0.717) is 0 Å². The number of nitrogen functional groups attached to an aromatic ring is 2. The SMILES string of the molecule is Nc1nc2[nH]cnc2c(=O)n1Cn1c(N)nc2[nH]cnc2c1=O. The summed E-state index contributed by atoms with van der Waals surface area (Å²) in [5, 5.41) is 0. The standard InChI is InChI=1S/C11H10N10O2/c12-10-18-6-4(14-1-16-6)8(22)20(10)3-21-9(23)5-7(17-2-15-5)19-11(21)13/h1-2H,3H2,(H2,12,18)(H2,13,19)(H,14,16)(H,15,17). The lowest BCUT2D eigenvalue weighted by atomic mass is 10.5. The molecule has 0 aliphatic carbocycles. The van der Waals surface area contributed by atoms with Gasteiger partial charge in [0.15, 0.2) is 22.3 Å². The minimum Gasteiger partial charge on any atom is -0.369 e. The summed E-state index contributed by atoms with van der Waals surface area (Å²) in [5.74, 6) is -0.166. The van der Waals surface area contributed by atoms with E-state index in [4.69, 9.17) is 11.5 Å². The summed E-state index contributed by atoms with van der Waals surface area (Å²) in [6.07, 6.45) is 2.67. The van der Waals surface area contributed by atoms with Crippen LogP contribution in [0, 0.1) is 0 Å². The third kappa shape index (κ3) is 1.78. The first-order valence-electron chi connectivity index (χ1n) is 6.45. The van der Waals surface area contributed by atoms with E-state index in [2.05, 4.69) is 29.9 Å². The zero-order valence-electron chi connectivity index (χ0n) is 11.5. The molecule has 4 rings (SSSR count). The number of nitrogens with zero attached hydrogens (tertiary/aromatic N) is 6. The molecule has 0 aromatic carbocycles. The number of nitrogens with two attached hydrogens (primary N) is 2. The number of imidazole rings is 2. The Labute approximate surface area is 125 Å². The minimum atomic E-state index is -0.498. The predicted octanol–water partition coefficient (Wildman–Crippen LogP) is -1.78. The maximum Gasteiger partial charge on any atom is 0.284 e. The summed E-state index contributed by atoms with van der Waals surface area (Å²) >= 11 is 0. The molecule has 0 bridgehead atoms. The summed E-state index contributed by atoms with van der Waals surface area (Å²) in [7, 11) is 0.